The first-order chi connectivity index (χ1) is 10.7. The van der Waals surface area contributed by atoms with Crippen LogP contribution in [0.3, 0.4) is 0 Å². The van der Waals surface area contributed by atoms with Crippen LogP contribution in [0.5, 0.6) is 0 Å². The molecule has 24 heavy (non-hydrogen) atoms. The first kappa shape index (κ1) is 23.5. The second-order valence-electron chi connectivity index (χ2n) is 5.42. The van der Waals surface area contributed by atoms with Crippen LogP contribution in [0.1, 0.15) is 12.0 Å². The van der Waals surface area contributed by atoms with Gasteiger partial charge < -0.3 is 15.8 Å². The predicted molar refractivity (Wildman–Crippen MR) is 107 cm³/mol. The number of halogens is 2. The maximum atomic E-state index is 12.2. The van der Waals surface area contributed by atoms with Crippen LogP contribution in [0, 0.1) is 0 Å². The summed E-state index contributed by atoms with van der Waals surface area (Å²) in [6, 6.07) is 7.47. The summed E-state index contributed by atoms with van der Waals surface area (Å²) >= 11 is 1.70. The van der Waals surface area contributed by atoms with Gasteiger partial charge in [-0.1, -0.05) is 18.2 Å². The largest absolute Gasteiger partial charge is 0.379 e. The van der Waals surface area contributed by atoms with Crippen LogP contribution in [0.25, 0.3) is 0 Å². The molecule has 5 nitrogen and oxygen atoms in total. The molecule has 138 valence electrons. The Kier molecular flexibility index (Phi) is 12.5. The van der Waals surface area contributed by atoms with E-state index < -0.39 is 6.04 Å². The van der Waals surface area contributed by atoms with E-state index in [2.05, 4.69) is 16.3 Å². The molecule has 1 aromatic rings. The van der Waals surface area contributed by atoms with Crippen molar-refractivity contribution in [2.45, 2.75) is 19.0 Å². The number of para-hydroxylation sites is 1. The van der Waals surface area contributed by atoms with Crippen LogP contribution in [-0.2, 0) is 16.1 Å². The lowest BCUT2D eigenvalue weighted by molar-refractivity contribution is -0.117. The molecule has 0 saturated carbocycles. The van der Waals surface area contributed by atoms with E-state index in [1.807, 2.05) is 24.5 Å². The van der Waals surface area contributed by atoms with Crippen molar-refractivity contribution < 1.29 is 9.53 Å². The number of carbonyl (C=O) groups excluding carboxylic acids is 1. The molecule has 0 spiro atoms. The van der Waals surface area contributed by atoms with E-state index in [4.69, 9.17) is 10.5 Å². The Morgan fingerprint density at radius 2 is 2.00 bits per heavy atom. The van der Waals surface area contributed by atoms with Gasteiger partial charge in [-0.3, -0.25) is 9.69 Å². The summed E-state index contributed by atoms with van der Waals surface area (Å²) in [5.41, 5.74) is 7.91. The molecular formula is C16H27Cl2N3O2S. The lowest BCUT2D eigenvalue weighted by atomic mass is 10.1. The van der Waals surface area contributed by atoms with E-state index >= 15 is 0 Å². The Hall–Kier alpha value is -0.500. The summed E-state index contributed by atoms with van der Waals surface area (Å²) in [6.45, 7) is 4.22. The topological polar surface area (TPSA) is 67.6 Å². The Morgan fingerprint density at radius 3 is 2.67 bits per heavy atom. The number of nitrogens with one attached hydrogen (secondary N) is 1. The molecule has 1 aromatic carbocycles. The molecule has 0 bridgehead atoms. The number of benzene rings is 1. The van der Waals surface area contributed by atoms with Crippen molar-refractivity contribution in [3.8, 4) is 0 Å². The first-order valence-electron chi connectivity index (χ1n) is 7.64. The fraction of sp³-hybridized carbons (Fsp3) is 0.562. The van der Waals surface area contributed by atoms with Crippen molar-refractivity contribution in [2.75, 3.05) is 43.6 Å². The second kappa shape index (κ2) is 12.8. The molecule has 3 N–H and O–H groups in total. The zero-order valence-corrected chi connectivity index (χ0v) is 16.4. The number of nitrogens with zero attached hydrogens (tertiary/aromatic N) is 1. The molecule has 1 fully saturated rings. The molecule has 1 heterocycles. The van der Waals surface area contributed by atoms with Crippen LogP contribution < -0.4 is 11.1 Å². The zero-order chi connectivity index (χ0) is 15.8. The van der Waals surface area contributed by atoms with Crippen LogP contribution >= 0.6 is 36.6 Å². The standard InChI is InChI=1S/C16H25N3O2S.2ClH/c1-22-11-6-14(17)16(20)18-15-5-3-2-4-13(15)12-19-7-9-21-10-8-19;;/h2-5,14H,6-12,17H2,1H3,(H,18,20);2*1H/t14-;;/m0../s1. The van der Waals surface area contributed by atoms with E-state index in [1.54, 1.807) is 11.8 Å². The van der Waals surface area contributed by atoms with Crippen LogP contribution in [0.15, 0.2) is 24.3 Å². The Balaban J connectivity index is 0.00000264. The third-order valence-electron chi connectivity index (χ3n) is 3.74. The third kappa shape index (κ3) is 7.59. The number of anilines is 1. The van der Waals surface area contributed by atoms with E-state index in [-0.39, 0.29) is 30.7 Å². The summed E-state index contributed by atoms with van der Waals surface area (Å²) < 4.78 is 5.37. The van der Waals surface area contributed by atoms with Crippen molar-refractivity contribution in [1.29, 1.82) is 0 Å². The van der Waals surface area contributed by atoms with Gasteiger partial charge in [0.1, 0.15) is 0 Å². The van der Waals surface area contributed by atoms with Crippen molar-refractivity contribution in [1.82, 2.24) is 4.90 Å². The van der Waals surface area contributed by atoms with Crippen LogP contribution in [0.4, 0.5) is 5.69 Å². The minimum atomic E-state index is -0.455. The van der Waals surface area contributed by atoms with Crippen molar-refractivity contribution in [3.63, 3.8) is 0 Å². The molecule has 1 atom stereocenters. The number of hydrogen-bond donors (Lipinski definition) is 2. The highest BCUT2D eigenvalue weighted by Crippen LogP contribution is 2.18. The third-order valence-corrected chi connectivity index (χ3v) is 4.39. The number of thioether (sulfide) groups is 1. The molecule has 0 radical (unpaired) electrons. The van der Waals surface area contributed by atoms with Crippen LogP contribution in [0.2, 0.25) is 0 Å². The molecule has 1 saturated heterocycles. The molecular weight excluding hydrogens is 369 g/mol. The summed E-state index contributed by atoms with van der Waals surface area (Å²) in [7, 11) is 0. The van der Waals surface area contributed by atoms with Gasteiger partial charge in [0.2, 0.25) is 5.91 Å². The van der Waals surface area contributed by atoms with E-state index in [9.17, 15) is 4.79 Å². The van der Waals surface area contributed by atoms with Gasteiger partial charge in [0.15, 0.2) is 0 Å². The molecule has 0 aromatic heterocycles. The van der Waals surface area contributed by atoms with Crippen molar-refractivity contribution in [2.24, 2.45) is 5.73 Å². The van der Waals surface area contributed by atoms with Gasteiger partial charge in [-0.25, -0.2) is 0 Å². The van der Waals surface area contributed by atoms with Gasteiger partial charge in [-0.2, -0.15) is 11.8 Å². The van der Waals surface area contributed by atoms with E-state index in [1.165, 1.54) is 0 Å². The first-order valence-corrected chi connectivity index (χ1v) is 9.03. The molecule has 1 amide bonds. The molecule has 0 unspecified atom stereocenters. The highest BCUT2D eigenvalue weighted by Gasteiger charge is 2.16. The molecule has 8 heteroatoms. The zero-order valence-electron chi connectivity index (χ0n) is 13.9. The number of carbonyl (C=O) groups is 1. The maximum absolute atomic E-state index is 12.2. The van der Waals surface area contributed by atoms with Crippen LogP contribution in [-0.4, -0.2) is 55.2 Å². The number of morpholine rings is 1. The summed E-state index contributed by atoms with van der Waals surface area (Å²) in [4.78, 5) is 14.5. The summed E-state index contributed by atoms with van der Waals surface area (Å²) in [5.74, 6) is 0.785. The number of rotatable bonds is 7. The highest BCUT2D eigenvalue weighted by atomic mass is 35.5. The van der Waals surface area contributed by atoms with Crippen molar-refractivity contribution in [3.05, 3.63) is 29.8 Å². The van der Waals surface area contributed by atoms with Gasteiger partial charge in [0.25, 0.3) is 0 Å². The Bertz CT molecular complexity index is 488. The number of hydrogen-bond acceptors (Lipinski definition) is 5. The SMILES string of the molecule is CSCC[C@H](N)C(=O)Nc1ccccc1CN1CCOCC1.Cl.Cl. The Morgan fingerprint density at radius 1 is 1.33 bits per heavy atom. The van der Waals surface area contributed by atoms with Gasteiger partial charge in [0, 0.05) is 25.3 Å². The lowest BCUT2D eigenvalue weighted by Gasteiger charge is -2.27. The van der Waals surface area contributed by atoms with E-state index in [0.717, 1.165) is 49.9 Å². The average Bonchev–Trinajstić information content (AvgIpc) is 2.55. The molecule has 0 aliphatic carbocycles. The smallest absolute Gasteiger partial charge is 0.241 e. The number of nitrogens with two attached hydrogens (primary N) is 1. The fourth-order valence-electron chi connectivity index (χ4n) is 2.38. The highest BCUT2D eigenvalue weighted by molar-refractivity contribution is 7.98. The Labute approximate surface area is 160 Å². The second-order valence-corrected chi connectivity index (χ2v) is 6.41. The minimum absolute atomic E-state index is 0. The summed E-state index contributed by atoms with van der Waals surface area (Å²) in [6.07, 6.45) is 2.71. The summed E-state index contributed by atoms with van der Waals surface area (Å²) in [5, 5.41) is 2.98. The van der Waals surface area contributed by atoms with Gasteiger partial charge in [-0.15, -0.1) is 24.8 Å². The number of amides is 1. The van der Waals surface area contributed by atoms with Gasteiger partial charge >= 0.3 is 0 Å². The average molecular weight is 396 g/mol. The lowest BCUT2D eigenvalue weighted by Crippen LogP contribution is -2.37. The monoisotopic (exact) mass is 395 g/mol. The molecule has 1 aliphatic heterocycles. The van der Waals surface area contributed by atoms with Gasteiger partial charge in [0.05, 0.1) is 19.3 Å². The molecule has 1 aliphatic rings. The van der Waals surface area contributed by atoms with Gasteiger partial charge in [-0.05, 0) is 30.1 Å². The molecule has 2 rings (SSSR count). The van der Waals surface area contributed by atoms with E-state index in [0.29, 0.717) is 6.42 Å². The predicted octanol–water partition coefficient (Wildman–Crippen LogP) is 2.38. The maximum Gasteiger partial charge on any atom is 0.241 e. The van der Waals surface area contributed by atoms with Crippen molar-refractivity contribution >= 4 is 48.2 Å². The minimum Gasteiger partial charge on any atom is -0.379 e. The fourth-order valence-corrected chi connectivity index (χ4v) is 2.87. The normalized spacial score (nSPS) is 15.8. The number of ether oxygens (including phenoxy) is 1. The quantitative estimate of drug-likeness (QED) is 0.741.